The van der Waals surface area contributed by atoms with Crippen molar-refractivity contribution < 1.29 is 0 Å². The second kappa shape index (κ2) is 2.79. The van der Waals surface area contributed by atoms with Crippen LogP contribution in [0, 0.1) is 0 Å². The molecule has 2 heterocycles. The molecule has 2 rings (SSSR count). The lowest BCUT2D eigenvalue weighted by molar-refractivity contribution is 0.961. The Bertz CT molecular complexity index is 406. The van der Waals surface area contributed by atoms with E-state index in [1.807, 2.05) is 29.0 Å². The molecule has 12 heavy (non-hydrogen) atoms. The van der Waals surface area contributed by atoms with Crippen molar-refractivity contribution in [1.29, 1.82) is 0 Å². The fourth-order valence-electron chi connectivity index (χ4n) is 1.28. The first-order valence-corrected chi connectivity index (χ1v) is 4.31. The minimum atomic E-state index is 0.762. The topological polar surface area (TPSA) is 17.3 Å². The zero-order valence-corrected chi connectivity index (χ0v) is 7.54. The number of aromatic nitrogens is 2. The molecule has 2 aromatic heterocycles. The fraction of sp³-hybridized carbons (Fsp3) is 0.222. The third-order valence-corrected chi connectivity index (χ3v) is 2.18. The van der Waals surface area contributed by atoms with Crippen molar-refractivity contribution in [2.75, 3.05) is 0 Å². The molecule has 0 aromatic carbocycles. The van der Waals surface area contributed by atoms with Crippen LogP contribution in [0.2, 0.25) is 5.02 Å². The highest BCUT2D eigenvalue weighted by Crippen LogP contribution is 2.15. The highest BCUT2D eigenvalue weighted by atomic mass is 35.5. The summed E-state index contributed by atoms with van der Waals surface area (Å²) in [5, 5.41) is 4.95. The second-order valence-electron chi connectivity index (χ2n) is 2.70. The molecule has 0 aliphatic carbocycles. The van der Waals surface area contributed by atoms with E-state index in [1.165, 1.54) is 5.56 Å². The summed E-state index contributed by atoms with van der Waals surface area (Å²) in [7, 11) is 0. The van der Waals surface area contributed by atoms with E-state index in [9.17, 15) is 0 Å². The zero-order chi connectivity index (χ0) is 8.55. The van der Waals surface area contributed by atoms with E-state index < -0.39 is 0 Å². The van der Waals surface area contributed by atoms with Crippen molar-refractivity contribution in [1.82, 2.24) is 9.61 Å². The Labute approximate surface area is 75.8 Å². The lowest BCUT2D eigenvalue weighted by Crippen LogP contribution is -1.85. The summed E-state index contributed by atoms with van der Waals surface area (Å²) in [6.45, 7) is 2.11. The third-order valence-electron chi connectivity index (χ3n) is 1.94. The van der Waals surface area contributed by atoms with Gasteiger partial charge in [-0.3, -0.25) is 0 Å². The van der Waals surface area contributed by atoms with Gasteiger partial charge in [-0.25, -0.2) is 4.52 Å². The van der Waals surface area contributed by atoms with Crippen LogP contribution in [0.1, 0.15) is 12.5 Å². The number of rotatable bonds is 1. The zero-order valence-electron chi connectivity index (χ0n) is 6.79. The molecule has 0 spiro atoms. The summed E-state index contributed by atoms with van der Waals surface area (Å²) >= 11 is 5.86. The van der Waals surface area contributed by atoms with E-state index in [2.05, 4.69) is 12.0 Å². The molecule has 0 unspecified atom stereocenters. The number of hydrogen-bond acceptors (Lipinski definition) is 1. The molecule has 3 heteroatoms. The molecule has 0 amide bonds. The van der Waals surface area contributed by atoms with Gasteiger partial charge in [0.25, 0.3) is 0 Å². The van der Waals surface area contributed by atoms with Gasteiger partial charge in [0.2, 0.25) is 0 Å². The van der Waals surface area contributed by atoms with Gasteiger partial charge in [-0.05, 0) is 24.1 Å². The van der Waals surface area contributed by atoms with Crippen molar-refractivity contribution in [2.24, 2.45) is 0 Å². The van der Waals surface area contributed by atoms with Gasteiger partial charge in [0.05, 0.1) is 11.7 Å². The summed E-state index contributed by atoms with van der Waals surface area (Å²) in [4.78, 5) is 0. The average molecular weight is 181 g/mol. The summed E-state index contributed by atoms with van der Waals surface area (Å²) < 4.78 is 1.84. The molecule has 0 radical (unpaired) electrons. The molecule has 0 bridgehead atoms. The van der Waals surface area contributed by atoms with Crippen molar-refractivity contribution in [3.8, 4) is 0 Å². The van der Waals surface area contributed by atoms with Gasteiger partial charge in [-0.15, -0.1) is 0 Å². The van der Waals surface area contributed by atoms with Crippen LogP contribution in [0.3, 0.4) is 0 Å². The first-order valence-electron chi connectivity index (χ1n) is 3.93. The SMILES string of the molecule is CCc1cnn2ccc(Cl)cc12. The summed E-state index contributed by atoms with van der Waals surface area (Å²) in [5.41, 5.74) is 2.34. The normalized spacial score (nSPS) is 10.8. The number of hydrogen-bond donors (Lipinski definition) is 0. The average Bonchev–Trinajstić information content (AvgIpc) is 2.46. The van der Waals surface area contributed by atoms with Crippen LogP contribution < -0.4 is 0 Å². The minimum absolute atomic E-state index is 0.762. The molecule has 0 saturated heterocycles. The smallest absolute Gasteiger partial charge is 0.0708 e. The number of nitrogens with zero attached hydrogens (tertiary/aromatic N) is 2. The van der Waals surface area contributed by atoms with E-state index in [0.29, 0.717) is 0 Å². The first kappa shape index (κ1) is 7.62. The predicted molar refractivity (Wildman–Crippen MR) is 49.6 cm³/mol. The van der Waals surface area contributed by atoms with E-state index >= 15 is 0 Å². The Balaban J connectivity index is 2.75. The number of aryl methyl sites for hydroxylation is 1. The standard InChI is InChI=1S/C9H9ClN2/c1-2-7-6-11-12-4-3-8(10)5-9(7)12/h3-6H,2H2,1H3. The predicted octanol–water partition coefficient (Wildman–Crippen LogP) is 2.55. The van der Waals surface area contributed by atoms with Gasteiger partial charge < -0.3 is 0 Å². The molecule has 0 aliphatic rings. The molecule has 0 N–H and O–H groups in total. The van der Waals surface area contributed by atoms with E-state index in [-0.39, 0.29) is 0 Å². The summed E-state index contributed by atoms with van der Waals surface area (Å²) in [6.07, 6.45) is 4.74. The maximum Gasteiger partial charge on any atom is 0.0708 e. The molecule has 2 nitrogen and oxygen atoms in total. The summed E-state index contributed by atoms with van der Waals surface area (Å²) in [5.74, 6) is 0. The molecular formula is C9H9ClN2. The van der Waals surface area contributed by atoms with Crippen molar-refractivity contribution >= 4 is 17.1 Å². The highest BCUT2D eigenvalue weighted by Gasteiger charge is 2.00. The van der Waals surface area contributed by atoms with Crippen LogP contribution in [0.15, 0.2) is 24.5 Å². The number of pyridine rings is 1. The first-order chi connectivity index (χ1) is 5.81. The Morgan fingerprint density at radius 1 is 1.58 bits per heavy atom. The van der Waals surface area contributed by atoms with Gasteiger partial charge in [0, 0.05) is 11.2 Å². The van der Waals surface area contributed by atoms with Gasteiger partial charge in [0.15, 0.2) is 0 Å². The van der Waals surface area contributed by atoms with Gasteiger partial charge in [-0.2, -0.15) is 5.10 Å². The van der Waals surface area contributed by atoms with E-state index in [4.69, 9.17) is 11.6 Å². The van der Waals surface area contributed by atoms with Gasteiger partial charge in [-0.1, -0.05) is 18.5 Å². The molecule has 0 aliphatic heterocycles. The lowest BCUT2D eigenvalue weighted by atomic mass is 10.2. The number of fused-ring (bicyclic) bond motifs is 1. The fourth-order valence-corrected chi connectivity index (χ4v) is 1.44. The Morgan fingerprint density at radius 3 is 3.17 bits per heavy atom. The minimum Gasteiger partial charge on any atom is -0.241 e. The lowest BCUT2D eigenvalue weighted by Gasteiger charge is -1.95. The van der Waals surface area contributed by atoms with Crippen LogP contribution in [0.5, 0.6) is 0 Å². The maximum absolute atomic E-state index is 5.86. The third kappa shape index (κ3) is 1.08. The van der Waals surface area contributed by atoms with Crippen LogP contribution in [-0.2, 0) is 6.42 Å². The monoisotopic (exact) mass is 180 g/mol. The largest absolute Gasteiger partial charge is 0.241 e. The Morgan fingerprint density at radius 2 is 2.42 bits per heavy atom. The van der Waals surface area contributed by atoms with Crippen LogP contribution in [-0.4, -0.2) is 9.61 Å². The van der Waals surface area contributed by atoms with E-state index in [1.54, 1.807) is 0 Å². The molecule has 62 valence electrons. The van der Waals surface area contributed by atoms with Gasteiger partial charge in [0.1, 0.15) is 0 Å². The molecule has 0 saturated carbocycles. The summed E-state index contributed by atoms with van der Waals surface area (Å²) in [6, 6.07) is 3.77. The van der Waals surface area contributed by atoms with Crippen molar-refractivity contribution in [2.45, 2.75) is 13.3 Å². The molecule has 0 fully saturated rings. The molecule has 0 atom stereocenters. The van der Waals surface area contributed by atoms with Crippen LogP contribution >= 0.6 is 11.6 Å². The molecular weight excluding hydrogens is 172 g/mol. The van der Waals surface area contributed by atoms with E-state index in [0.717, 1.165) is 17.0 Å². The highest BCUT2D eigenvalue weighted by molar-refractivity contribution is 6.30. The van der Waals surface area contributed by atoms with Crippen molar-refractivity contribution in [3.05, 3.63) is 35.1 Å². The molecule has 2 aromatic rings. The quantitative estimate of drug-likeness (QED) is 0.660. The van der Waals surface area contributed by atoms with Crippen LogP contribution in [0.4, 0.5) is 0 Å². The Hall–Kier alpha value is -1.02. The Kier molecular flexibility index (Phi) is 1.77. The second-order valence-corrected chi connectivity index (χ2v) is 3.13. The van der Waals surface area contributed by atoms with Crippen LogP contribution in [0.25, 0.3) is 5.52 Å². The van der Waals surface area contributed by atoms with Gasteiger partial charge >= 0.3 is 0 Å². The maximum atomic E-state index is 5.86. The number of halogens is 1. The van der Waals surface area contributed by atoms with Crippen molar-refractivity contribution in [3.63, 3.8) is 0 Å².